The van der Waals surface area contributed by atoms with Gasteiger partial charge in [-0.15, -0.1) is 0 Å². The molecule has 2 aromatic rings. The summed E-state index contributed by atoms with van der Waals surface area (Å²) in [6, 6.07) is 2.14. The van der Waals surface area contributed by atoms with E-state index in [9.17, 15) is 13.3 Å². The molecular formula is C17H18BrF4N2O4P. The van der Waals surface area contributed by atoms with Crippen LogP contribution < -0.4 is 4.74 Å². The number of aromatic nitrogens is 2. The van der Waals surface area contributed by atoms with Crippen molar-refractivity contribution in [2.75, 3.05) is 19.8 Å². The molecule has 1 aromatic carbocycles. The van der Waals surface area contributed by atoms with E-state index in [2.05, 4.69) is 25.9 Å². The zero-order valence-corrected chi connectivity index (χ0v) is 18.0. The van der Waals surface area contributed by atoms with E-state index in [0.717, 1.165) is 6.07 Å². The molecule has 1 aromatic heterocycles. The Morgan fingerprint density at radius 2 is 1.90 bits per heavy atom. The molecule has 1 fully saturated rings. The van der Waals surface area contributed by atoms with Gasteiger partial charge in [0.2, 0.25) is 0 Å². The minimum atomic E-state index is -4.81. The molecule has 1 heterocycles. The first-order chi connectivity index (χ1) is 13.5. The molecule has 29 heavy (non-hydrogen) atoms. The molecule has 6 nitrogen and oxygen atoms in total. The van der Waals surface area contributed by atoms with E-state index in [0.29, 0.717) is 5.39 Å². The van der Waals surface area contributed by atoms with Crippen molar-refractivity contribution in [3.63, 3.8) is 0 Å². The van der Waals surface area contributed by atoms with Crippen molar-refractivity contribution in [3.05, 3.63) is 28.4 Å². The standard InChI is InChI=1S/C17H18BrF4N2O4P/c1-3-27-29(25,28-4-2)17(21,22)12-6-14-10(5-13(12)18)8-23-15(24-14)26-9-11-7-16(11,19)20/h5-6,8,11H,3-4,7,9H2,1-2H3. The van der Waals surface area contributed by atoms with Crippen LogP contribution in [-0.4, -0.2) is 35.7 Å². The lowest BCUT2D eigenvalue weighted by Crippen LogP contribution is -2.19. The highest BCUT2D eigenvalue weighted by Crippen LogP contribution is 2.67. The molecule has 0 aliphatic heterocycles. The van der Waals surface area contributed by atoms with Gasteiger partial charge in [-0.2, -0.15) is 13.8 Å². The highest BCUT2D eigenvalue weighted by Gasteiger charge is 2.57. The van der Waals surface area contributed by atoms with Gasteiger partial charge in [-0.25, -0.2) is 13.8 Å². The minimum Gasteiger partial charge on any atom is -0.463 e. The number of hydrogen-bond acceptors (Lipinski definition) is 6. The van der Waals surface area contributed by atoms with Gasteiger partial charge < -0.3 is 13.8 Å². The van der Waals surface area contributed by atoms with Gasteiger partial charge in [-0.3, -0.25) is 4.57 Å². The summed E-state index contributed by atoms with van der Waals surface area (Å²) in [7, 11) is -4.81. The summed E-state index contributed by atoms with van der Waals surface area (Å²) in [6.07, 6.45) is 1.05. The van der Waals surface area contributed by atoms with E-state index >= 15 is 8.78 Å². The highest BCUT2D eigenvalue weighted by molar-refractivity contribution is 9.10. The van der Waals surface area contributed by atoms with E-state index < -0.39 is 30.7 Å². The third-order valence-electron chi connectivity index (χ3n) is 4.28. The molecule has 0 saturated heterocycles. The molecule has 1 aliphatic rings. The van der Waals surface area contributed by atoms with E-state index in [1.165, 1.54) is 26.1 Å². The maximum Gasteiger partial charge on any atom is 0.404 e. The Morgan fingerprint density at radius 1 is 1.28 bits per heavy atom. The average molecular weight is 501 g/mol. The largest absolute Gasteiger partial charge is 0.463 e. The van der Waals surface area contributed by atoms with Crippen molar-refractivity contribution in [1.82, 2.24) is 9.97 Å². The van der Waals surface area contributed by atoms with Crippen LogP contribution in [-0.2, 0) is 19.3 Å². The van der Waals surface area contributed by atoms with Crippen LogP contribution in [0.5, 0.6) is 6.01 Å². The fraction of sp³-hybridized carbons (Fsp3) is 0.529. The van der Waals surface area contributed by atoms with E-state index in [4.69, 9.17) is 13.8 Å². The molecule has 160 valence electrons. The number of rotatable bonds is 9. The number of fused-ring (bicyclic) bond motifs is 1. The summed E-state index contributed by atoms with van der Waals surface area (Å²) in [4.78, 5) is 7.91. The Labute approximate surface area is 172 Å². The number of hydrogen-bond donors (Lipinski definition) is 0. The summed E-state index contributed by atoms with van der Waals surface area (Å²) >= 11 is 3.05. The molecular weight excluding hydrogens is 483 g/mol. The van der Waals surface area contributed by atoms with Crippen molar-refractivity contribution in [1.29, 1.82) is 0 Å². The average Bonchev–Trinajstić information content (AvgIpc) is 3.26. The van der Waals surface area contributed by atoms with Crippen LogP contribution in [0.25, 0.3) is 10.9 Å². The molecule has 3 rings (SSSR count). The lowest BCUT2D eigenvalue weighted by atomic mass is 10.1. The first-order valence-corrected chi connectivity index (χ1v) is 11.1. The summed E-state index contributed by atoms with van der Waals surface area (Å²) in [5, 5.41) is 0.392. The molecule has 0 amide bonds. The topological polar surface area (TPSA) is 70.5 Å². The van der Waals surface area contributed by atoms with E-state index in [1.54, 1.807) is 0 Å². The second-order valence-electron chi connectivity index (χ2n) is 6.39. The van der Waals surface area contributed by atoms with Crippen LogP contribution in [0.15, 0.2) is 22.8 Å². The predicted molar refractivity (Wildman–Crippen MR) is 101 cm³/mol. The van der Waals surface area contributed by atoms with Gasteiger partial charge in [0.05, 0.1) is 24.6 Å². The van der Waals surface area contributed by atoms with Crippen LogP contribution >= 0.6 is 23.5 Å². The molecule has 0 spiro atoms. The Bertz CT molecular complexity index is 952. The lowest BCUT2D eigenvalue weighted by Gasteiger charge is -2.26. The summed E-state index contributed by atoms with van der Waals surface area (Å²) in [5.41, 5.74) is -4.54. The van der Waals surface area contributed by atoms with Crippen molar-refractivity contribution in [2.45, 2.75) is 31.9 Å². The Balaban J connectivity index is 1.94. The Morgan fingerprint density at radius 3 is 2.45 bits per heavy atom. The lowest BCUT2D eigenvalue weighted by molar-refractivity contribution is 0.0355. The molecule has 1 unspecified atom stereocenters. The fourth-order valence-corrected chi connectivity index (χ4v) is 4.97. The summed E-state index contributed by atoms with van der Waals surface area (Å²) in [5.74, 6) is -3.66. The minimum absolute atomic E-state index is 0.0375. The first kappa shape index (κ1) is 22.4. The van der Waals surface area contributed by atoms with E-state index in [-0.39, 0.29) is 42.2 Å². The SMILES string of the molecule is CCOP(=O)(OCC)C(F)(F)c1cc2nc(OCC3CC3(F)F)ncc2cc1Br. The zero-order chi connectivity index (χ0) is 21.4. The van der Waals surface area contributed by atoms with Crippen LogP contribution in [0.4, 0.5) is 17.6 Å². The Hall–Kier alpha value is -1.29. The molecule has 0 bridgehead atoms. The normalized spacial score (nSPS) is 18.8. The van der Waals surface area contributed by atoms with Gasteiger partial charge in [0.25, 0.3) is 5.92 Å². The predicted octanol–water partition coefficient (Wildman–Crippen LogP) is 5.74. The van der Waals surface area contributed by atoms with Crippen LogP contribution in [0, 0.1) is 5.92 Å². The summed E-state index contributed by atoms with van der Waals surface area (Å²) < 4.78 is 83.6. The second kappa shape index (κ2) is 8.09. The third kappa shape index (κ3) is 4.42. The quantitative estimate of drug-likeness (QED) is 0.323. The van der Waals surface area contributed by atoms with Gasteiger partial charge in [-0.05, 0) is 26.0 Å². The maximum atomic E-state index is 15.1. The van der Waals surface area contributed by atoms with Crippen LogP contribution in [0.2, 0.25) is 0 Å². The van der Waals surface area contributed by atoms with Crippen LogP contribution in [0.1, 0.15) is 25.8 Å². The first-order valence-electron chi connectivity index (χ1n) is 8.78. The second-order valence-corrected chi connectivity index (χ2v) is 9.32. The van der Waals surface area contributed by atoms with Gasteiger partial charge in [0, 0.05) is 28.0 Å². The monoisotopic (exact) mass is 500 g/mol. The molecule has 0 N–H and O–H groups in total. The van der Waals surface area contributed by atoms with Crippen molar-refractivity contribution < 1.29 is 35.9 Å². The number of alkyl halides is 4. The fourth-order valence-electron chi connectivity index (χ4n) is 2.65. The van der Waals surface area contributed by atoms with Gasteiger partial charge in [0.15, 0.2) is 0 Å². The van der Waals surface area contributed by atoms with Gasteiger partial charge in [-0.1, -0.05) is 15.9 Å². The number of benzene rings is 1. The van der Waals surface area contributed by atoms with Gasteiger partial charge in [0.1, 0.15) is 6.61 Å². The summed E-state index contributed by atoms with van der Waals surface area (Å²) in [6.45, 7) is 2.12. The number of ether oxygens (including phenoxy) is 1. The smallest absolute Gasteiger partial charge is 0.404 e. The molecule has 1 atom stereocenters. The molecule has 1 aliphatic carbocycles. The Kier molecular flexibility index (Phi) is 6.25. The van der Waals surface area contributed by atoms with Crippen molar-refractivity contribution in [2.24, 2.45) is 5.92 Å². The molecule has 0 radical (unpaired) electrons. The number of halogens is 5. The van der Waals surface area contributed by atoms with Crippen molar-refractivity contribution in [3.8, 4) is 6.01 Å². The third-order valence-corrected chi connectivity index (χ3v) is 7.06. The van der Waals surface area contributed by atoms with Crippen molar-refractivity contribution >= 4 is 34.4 Å². The maximum absolute atomic E-state index is 15.1. The number of nitrogens with zero attached hydrogens (tertiary/aromatic N) is 2. The van der Waals surface area contributed by atoms with Crippen LogP contribution in [0.3, 0.4) is 0 Å². The van der Waals surface area contributed by atoms with E-state index in [1.807, 2.05) is 0 Å². The molecule has 12 heteroatoms. The zero-order valence-electron chi connectivity index (χ0n) is 15.5. The van der Waals surface area contributed by atoms with Gasteiger partial charge >= 0.3 is 19.3 Å². The molecule has 1 saturated carbocycles. The highest BCUT2D eigenvalue weighted by atomic mass is 79.9.